The molecule has 1 aromatic rings. The van der Waals surface area contributed by atoms with Crippen LogP contribution in [0.25, 0.3) is 0 Å². The lowest BCUT2D eigenvalue weighted by molar-refractivity contribution is -0.122. The predicted octanol–water partition coefficient (Wildman–Crippen LogP) is 3.06. The Bertz CT molecular complexity index is 721. The van der Waals surface area contributed by atoms with Crippen molar-refractivity contribution in [2.45, 2.75) is 71.2 Å². The van der Waals surface area contributed by atoms with E-state index in [1.807, 2.05) is 18.2 Å². The van der Waals surface area contributed by atoms with Crippen LogP contribution >= 0.6 is 0 Å². The van der Waals surface area contributed by atoms with Crippen LogP contribution in [0.4, 0.5) is 0 Å². The van der Waals surface area contributed by atoms with Crippen molar-refractivity contribution in [3.8, 4) is 0 Å². The van der Waals surface area contributed by atoms with Crippen molar-refractivity contribution in [1.29, 1.82) is 0 Å². The number of amides is 1. The number of rotatable bonds is 6. The number of carbonyl (C=O) groups is 1. The smallest absolute Gasteiger partial charge is 0.220 e. The summed E-state index contributed by atoms with van der Waals surface area (Å²) in [6.07, 6.45) is 1.10. The fraction of sp³-hybridized carbons (Fsp3) is 0.667. The van der Waals surface area contributed by atoms with Crippen molar-refractivity contribution < 1.29 is 14.3 Å². The van der Waals surface area contributed by atoms with E-state index in [0.29, 0.717) is 19.6 Å². The molecule has 6 nitrogen and oxygen atoms in total. The largest absolute Gasteiger partial charge is 0.474 e. The van der Waals surface area contributed by atoms with Crippen molar-refractivity contribution in [3.05, 3.63) is 35.9 Å². The third-order valence-corrected chi connectivity index (χ3v) is 5.56. The third kappa shape index (κ3) is 6.05. The quantitative estimate of drug-likeness (QED) is 0.776. The highest BCUT2D eigenvalue weighted by Crippen LogP contribution is 2.29. The molecule has 2 aliphatic heterocycles. The average molecular weight is 416 g/mol. The molecule has 3 rings (SSSR count). The molecule has 1 aromatic carbocycles. The Morgan fingerprint density at radius 3 is 2.47 bits per heavy atom. The van der Waals surface area contributed by atoms with Crippen molar-refractivity contribution in [1.82, 2.24) is 10.2 Å². The van der Waals surface area contributed by atoms with Gasteiger partial charge < -0.3 is 14.8 Å². The highest BCUT2D eigenvalue weighted by atomic mass is 16.5. The Balaban J connectivity index is 1.79. The molecule has 2 fully saturated rings. The van der Waals surface area contributed by atoms with Gasteiger partial charge in [0.1, 0.15) is 12.1 Å². The first kappa shape index (κ1) is 22.8. The SMILES string of the molecule is CC(C)[C@H]1OC(=NC(C)(C)C)[C@@H](N2CCOCC2)[C@@H]1NC(=O)CCc1ccccc1. The Kier molecular flexibility index (Phi) is 7.53. The van der Waals surface area contributed by atoms with Crippen LogP contribution in [0.5, 0.6) is 0 Å². The zero-order chi connectivity index (χ0) is 21.7. The first-order chi connectivity index (χ1) is 14.2. The van der Waals surface area contributed by atoms with Crippen LogP contribution in [-0.2, 0) is 20.7 Å². The van der Waals surface area contributed by atoms with Crippen LogP contribution in [0.15, 0.2) is 35.3 Å². The van der Waals surface area contributed by atoms with Crippen LogP contribution < -0.4 is 5.32 Å². The van der Waals surface area contributed by atoms with E-state index in [1.165, 1.54) is 5.56 Å². The molecule has 0 aromatic heterocycles. The second-order valence-corrected chi connectivity index (χ2v) is 9.62. The first-order valence-corrected chi connectivity index (χ1v) is 11.2. The average Bonchev–Trinajstić information content (AvgIpc) is 3.04. The summed E-state index contributed by atoms with van der Waals surface area (Å²) in [4.78, 5) is 20.2. The minimum absolute atomic E-state index is 0.0544. The van der Waals surface area contributed by atoms with Crippen molar-refractivity contribution >= 4 is 11.8 Å². The Morgan fingerprint density at radius 2 is 1.87 bits per heavy atom. The summed E-state index contributed by atoms with van der Waals surface area (Å²) in [7, 11) is 0. The van der Waals surface area contributed by atoms with Gasteiger partial charge in [0.15, 0.2) is 0 Å². The molecule has 2 heterocycles. The summed E-state index contributed by atoms with van der Waals surface area (Å²) >= 11 is 0. The van der Waals surface area contributed by atoms with Gasteiger partial charge in [-0.25, -0.2) is 4.99 Å². The van der Waals surface area contributed by atoms with E-state index in [0.717, 1.165) is 25.4 Å². The van der Waals surface area contributed by atoms with Gasteiger partial charge >= 0.3 is 0 Å². The van der Waals surface area contributed by atoms with E-state index in [4.69, 9.17) is 14.5 Å². The molecule has 0 aliphatic carbocycles. The van der Waals surface area contributed by atoms with Crippen LogP contribution in [0, 0.1) is 5.92 Å². The van der Waals surface area contributed by atoms with Gasteiger partial charge in [-0.2, -0.15) is 0 Å². The molecule has 0 saturated carbocycles. The van der Waals surface area contributed by atoms with Crippen molar-refractivity contribution in [2.75, 3.05) is 26.3 Å². The third-order valence-electron chi connectivity index (χ3n) is 5.56. The Labute approximate surface area is 181 Å². The van der Waals surface area contributed by atoms with Crippen LogP contribution in [-0.4, -0.2) is 66.7 Å². The zero-order valence-corrected chi connectivity index (χ0v) is 19.1. The maximum absolute atomic E-state index is 12.9. The summed E-state index contributed by atoms with van der Waals surface area (Å²) in [5.74, 6) is 1.07. The van der Waals surface area contributed by atoms with Crippen LogP contribution in [0.3, 0.4) is 0 Å². The predicted molar refractivity (Wildman–Crippen MR) is 120 cm³/mol. The molecule has 0 unspecified atom stereocenters. The number of benzene rings is 1. The number of carbonyl (C=O) groups excluding carboxylic acids is 1. The first-order valence-electron chi connectivity index (χ1n) is 11.2. The molecule has 0 bridgehead atoms. The number of hydrogen-bond donors (Lipinski definition) is 1. The van der Waals surface area contributed by atoms with Gasteiger partial charge in [0.05, 0.1) is 24.8 Å². The van der Waals surface area contributed by atoms with Crippen LogP contribution in [0.2, 0.25) is 0 Å². The van der Waals surface area contributed by atoms with E-state index >= 15 is 0 Å². The molecule has 2 saturated heterocycles. The van der Waals surface area contributed by atoms with Gasteiger partial charge in [-0.1, -0.05) is 44.2 Å². The van der Waals surface area contributed by atoms with E-state index in [2.05, 4.69) is 57.0 Å². The Morgan fingerprint density at radius 1 is 1.20 bits per heavy atom. The summed E-state index contributed by atoms with van der Waals surface area (Å²) in [5, 5.41) is 3.32. The Hall–Kier alpha value is -1.92. The van der Waals surface area contributed by atoms with Gasteiger partial charge in [0.2, 0.25) is 11.8 Å². The molecule has 30 heavy (non-hydrogen) atoms. The summed E-state index contributed by atoms with van der Waals surface area (Å²) in [6, 6.07) is 9.97. The normalized spacial score (nSPS) is 26.7. The van der Waals surface area contributed by atoms with E-state index in [9.17, 15) is 4.79 Å². The molecule has 3 atom stereocenters. The summed E-state index contributed by atoms with van der Waals surface area (Å²) < 4.78 is 12.0. The standard InChI is InChI=1S/C24H37N3O3/c1-17(2)22-20(25-19(28)12-11-18-9-7-6-8-10-18)21(27-13-15-29-16-14-27)23(30-22)26-24(3,4)5/h6-10,17,20-22H,11-16H2,1-5H3,(H,25,28)/t20-,21-,22+/m0/s1. The van der Waals surface area contributed by atoms with E-state index in [1.54, 1.807) is 0 Å². The van der Waals surface area contributed by atoms with Gasteiger partial charge in [-0.15, -0.1) is 0 Å². The molecule has 166 valence electrons. The number of nitrogens with zero attached hydrogens (tertiary/aromatic N) is 2. The number of hydrogen-bond acceptors (Lipinski definition) is 5. The van der Waals surface area contributed by atoms with Crippen molar-refractivity contribution in [2.24, 2.45) is 10.9 Å². The maximum Gasteiger partial charge on any atom is 0.220 e. The van der Waals surface area contributed by atoms with Gasteiger partial charge in [-0.05, 0) is 38.7 Å². The number of morpholine rings is 1. The van der Waals surface area contributed by atoms with Gasteiger partial charge in [0, 0.05) is 19.5 Å². The second-order valence-electron chi connectivity index (χ2n) is 9.62. The van der Waals surface area contributed by atoms with Crippen molar-refractivity contribution in [3.63, 3.8) is 0 Å². The number of ether oxygens (including phenoxy) is 2. The summed E-state index contributed by atoms with van der Waals surface area (Å²) in [5.41, 5.74) is 0.934. The van der Waals surface area contributed by atoms with E-state index in [-0.39, 0.29) is 35.6 Å². The summed E-state index contributed by atoms with van der Waals surface area (Å²) in [6.45, 7) is 13.5. The molecule has 2 aliphatic rings. The lowest BCUT2D eigenvalue weighted by Crippen LogP contribution is -2.57. The molecule has 0 radical (unpaired) electrons. The molecular formula is C24H37N3O3. The molecule has 0 spiro atoms. The minimum atomic E-state index is -0.242. The number of aryl methyl sites for hydroxylation is 1. The number of aliphatic imine (C=N–C) groups is 1. The zero-order valence-electron chi connectivity index (χ0n) is 19.1. The van der Waals surface area contributed by atoms with E-state index < -0.39 is 0 Å². The van der Waals surface area contributed by atoms with Crippen LogP contribution in [0.1, 0.15) is 46.6 Å². The fourth-order valence-corrected chi connectivity index (χ4v) is 4.15. The molecular weight excluding hydrogens is 378 g/mol. The topological polar surface area (TPSA) is 63.2 Å². The number of nitrogens with one attached hydrogen (secondary N) is 1. The lowest BCUT2D eigenvalue weighted by Gasteiger charge is -2.35. The van der Waals surface area contributed by atoms with Gasteiger partial charge in [-0.3, -0.25) is 9.69 Å². The maximum atomic E-state index is 12.9. The fourth-order valence-electron chi connectivity index (χ4n) is 4.15. The lowest BCUT2D eigenvalue weighted by atomic mass is 9.94. The highest BCUT2D eigenvalue weighted by molar-refractivity contribution is 5.87. The monoisotopic (exact) mass is 415 g/mol. The highest BCUT2D eigenvalue weighted by Gasteiger charge is 2.48. The van der Waals surface area contributed by atoms with Gasteiger partial charge in [0.25, 0.3) is 0 Å². The minimum Gasteiger partial charge on any atom is -0.474 e. The molecule has 1 N–H and O–H groups in total. The molecule has 6 heteroatoms. The molecule has 1 amide bonds. The second kappa shape index (κ2) is 9.92.